The number of nitriles is 1. The molecule has 0 radical (unpaired) electrons. The number of hydrogen-bond donors (Lipinski definition) is 2. The lowest BCUT2D eigenvalue weighted by atomic mass is 9.96. The molecule has 1 saturated heterocycles. The molecule has 1 aliphatic rings. The summed E-state index contributed by atoms with van der Waals surface area (Å²) < 4.78 is 4.95. The molecule has 134 valence electrons. The van der Waals surface area contributed by atoms with Crippen LogP contribution in [-0.2, 0) is 9.53 Å². The molecule has 1 aromatic carbocycles. The first kappa shape index (κ1) is 18.7. The van der Waals surface area contributed by atoms with Gasteiger partial charge in [-0.2, -0.15) is 5.26 Å². The van der Waals surface area contributed by atoms with Crippen molar-refractivity contribution < 1.29 is 14.3 Å². The Kier molecular flexibility index (Phi) is 7.23. The van der Waals surface area contributed by atoms with Crippen LogP contribution in [0.5, 0.6) is 0 Å². The molecule has 0 aromatic heterocycles. The molecule has 1 aromatic rings. The topological polar surface area (TPSA) is 94.5 Å². The van der Waals surface area contributed by atoms with Gasteiger partial charge in [-0.25, -0.2) is 4.79 Å². The first-order valence-electron chi connectivity index (χ1n) is 8.46. The zero-order valence-electron chi connectivity index (χ0n) is 14.5. The van der Waals surface area contributed by atoms with Crippen LogP contribution in [0.25, 0.3) is 0 Å². The number of piperidine rings is 1. The number of benzene rings is 1. The van der Waals surface area contributed by atoms with Crippen molar-refractivity contribution in [2.24, 2.45) is 5.92 Å². The summed E-state index contributed by atoms with van der Waals surface area (Å²) in [6.45, 7) is 2.33. The van der Waals surface area contributed by atoms with Crippen LogP contribution in [0.4, 0.5) is 10.5 Å². The highest BCUT2D eigenvalue weighted by molar-refractivity contribution is 5.89. The second-order valence-electron chi connectivity index (χ2n) is 6.02. The molecule has 1 heterocycles. The highest BCUT2D eigenvalue weighted by atomic mass is 16.5. The van der Waals surface area contributed by atoms with E-state index in [1.54, 1.807) is 36.3 Å². The number of carbonyl (C=O) groups excluding carboxylic acids is 2. The van der Waals surface area contributed by atoms with E-state index in [1.165, 1.54) is 0 Å². The van der Waals surface area contributed by atoms with Crippen molar-refractivity contribution in [1.82, 2.24) is 10.2 Å². The van der Waals surface area contributed by atoms with Gasteiger partial charge in [0.05, 0.1) is 11.6 Å². The highest BCUT2D eigenvalue weighted by Gasteiger charge is 2.27. The molecule has 3 amide bonds. The van der Waals surface area contributed by atoms with E-state index in [9.17, 15) is 9.59 Å². The lowest BCUT2D eigenvalue weighted by Crippen LogP contribution is -2.44. The number of likely N-dealkylation sites (tertiary alicyclic amines) is 1. The van der Waals surface area contributed by atoms with Gasteiger partial charge in [0.15, 0.2) is 0 Å². The van der Waals surface area contributed by atoms with Crippen molar-refractivity contribution in [2.75, 3.05) is 38.7 Å². The first-order valence-corrected chi connectivity index (χ1v) is 8.46. The van der Waals surface area contributed by atoms with Crippen LogP contribution in [0.3, 0.4) is 0 Å². The maximum atomic E-state index is 12.3. The van der Waals surface area contributed by atoms with Crippen molar-refractivity contribution in [3.05, 3.63) is 29.8 Å². The molecule has 0 saturated carbocycles. The molecule has 2 rings (SSSR count). The summed E-state index contributed by atoms with van der Waals surface area (Å²) in [7, 11) is 1.64. The van der Waals surface area contributed by atoms with Crippen molar-refractivity contribution in [2.45, 2.75) is 19.3 Å². The largest absolute Gasteiger partial charge is 0.385 e. The molecule has 1 aliphatic heterocycles. The third-order valence-electron chi connectivity index (χ3n) is 4.22. The molecular formula is C18H24N4O3. The fourth-order valence-corrected chi connectivity index (χ4v) is 2.79. The molecule has 7 heteroatoms. The van der Waals surface area contributed by atoms with Gasteiger partial charge < -0.3 is 20.3 Å². The zero-order valence-corrected chi connectivity index (χ0v) is 14.5. The third-order valence-corrected chi connectivity index (χ3v) is 4.22. The van der Waals surface area contributed by atoms with E-state index >= 15 is 0 Å². The van der Waals surface area contributed by atoms with Gasteiger partial charge in [-0.15, -0.1) is 0 Å². The summed E-state index contributed by atoms with van der Waals surface area (Å²) in [5.41, 5.74) is 1.10. The van der Waals surface area contributed by atoms with Gasteiger partial charge in [0.1, 0.15) is 0 Å². The lowest BCUT2D eigenvalue weighted by Gasteiger charge is -2.31. The number of hydrogen-bond acceptors (Lipinski definition) is 4. The molecule has 7 nitrogen and oxygen atoms in total. The van der Waals surface area contributed by atoms with Crippen LogP contribution in [-0.4, -0.2) is 50.2 Å². The normalized spacial score (nSPS) is 14.6. The number of anilines is 1. The Morgan fingerprint density at radius 2 is 2.12 bits per heavy atom. The van der Waals surface area contributed by atoms with Gasteiger partial charge in [0.2, 0.25) is 5.91 Å². The SMILES string of the molecule is COCCCNC(=O)C1CCN(C(=O)Nc2cccc(C#N)c2)CC1. The van der Waals surface area contributed by atoms with Gasteiger partial charge >= 0.3 is 6.03 Å². The molecule has 0 bridgehead atoms. The summed E-state index contributed by atoms with van der Waals surface area (Å²) in [6, 6.07) is 8.65. The zero-order chi connectivity index (χ0) is 18.1. The summed E-state index contributed by atoms with van der Waals surface area (Å²) in [6.07, 6.45) is 2.11. The monoisotopic (exact) mass is 344 g/mol. The van der Waals surface area contributed by atoms with Gasteiger partial charge in [0, 0.05) is 45.0 Å². The van der Waals surface area contributed by atoms with Crippen LogP contribution in [0.1, 0.15) is 24.8 Å². The summed E-state index contributed by atoms with van der Waals surface area (Å²) >= 11 is 0. The Morgan fingerprint density at radius 1 is 1.36 bits per heavy atom. The standard InChI is InChI=1S/C18H24N4O3/c1-25-11-3-8-20-17(23)15-6-9-22(10-7-15)18(24)21-16-5-2-4-14(12-16)13-19/h2,4-5,12,15H,3,6-11H2,1H3,(H,20,23)(H,21,24). The van der Waals surface area contributed by atoms with Crippen molar-refractivity contribution in [3.63, 3.8) is 0 Å². The number of amides is 3. The predicted octanol–water partition coefficient (Wildman–Crippen LogP) is 1.95. The maximum Gasteiger partial charge on any atom is 0.321 e. The Bertz CT molecular complexity index is 633. The fraction of sp³-hybridized carbons (Fsp3) is 0.500. The second kappa shape index (κ2) is 9.64. The van der Waals surface area contributed by atoms with E-state index < -0.39 is 0 Å². The van der Waals surface area contributed by atoms with Crippen molar-refractivity contribution in [3.8, 4) is 6.07 Å². The number of rotatable bonds is 6. The molecule has 0 unspecified atom stereocenters. The molecular weight excluding hydrogens is 320 g/mol. The Balaban J connectivity index is 1.76. The second-order valence-corrected chi connectivity index (χ2v) is 6.02. The van der Waals surface area contributed by atoms with E-state index in [0.717, 1.165) is 6.42 Å². The number of carbonyl (C=O) groups is 2. The summed E-state index contributed by atoms with van der Waals surface area (Å²) in [5.74, 6) is 0.00592. The minimum atomic E-state index is -0.200. The average molecular weight is 344 g/mol. The van der Waals surface area contributed by atoms with Crippen LogP contribution >= 0.6 is 0 Å². The Labute approximate surface area is 147 Å². The molecule has 1 fully saturated rings. The average Bonchev–Trinajstić information content (AvgIpc) is 2.65. The van der Waals surface area contributed by atoms with Gasteiger partial charge in [0.25, 0.3) is 0 Å². The Hall–Kier alpha value is -2.59. The smallest absolute Gasteiger partial charge is 0.321 e. The van der Waals surface area contributed by atoms with Gasteiger partial charge in [-0.1, -0.05) is 6.07 Å². The highest BCUT2D eigenvalue weighted by Crippen LogP contribution is 2.19. The number of methoxy groups -OCH3 is 1. The van der Waals surface area contributed by atoms with E-state index in [2.05, 4.69) is 10.6 Å². The van der Waals surface area contributed by atoms with E-state index in [1.807, 2.05) is 6.07 Å². The van der Waals surface area contributed by atoms with Gasteiger partial charge in [-0.3, -0.25) is 4.79 Å². The first-order chi connectivity index (χ1) is 12.1. The van der Waals surface area contributed by atoms with Crippen LogP contribution in [0.15, 0.2) is 24.3 Å². The lowest BCUT2D eigenvalue weighted by molar-refractivity contribution is -0.126. The minimum absolute atomic E-state index is 0.0477. The number of urea groups is 1. The summed E-state index contributed by atoms with van der Waals surface area (Å²) in [5, 5.41) is 14.6. The van der Waals surface area contributed by atoms with Crippen LogP contribution < -0.4 is 10.6 Å². The Morgan fingerprint density at radius 3 is 2.80 bits per heavy atom. The van der Waals surface area contributed by atoms with E-state index in [-0.39, 0.29) is 17.9 Å². The van der Waals surface area contributed by atoms with E-state index in [4.69, 9.17) is 10.00 Å². The number of ether oxygens (including phenoxy) is 1. The molecule has 2 N–H and O–H groups in total. The molecule has 0 spiro atoms. The maximum absolute atomic E-state index is 12.3. The summed E-state index contributed by atoms with van der Waals surface area (Å²) in [4.78, 5) is 26.1. The quantitative estimate of drug-likeness (QED) is 0.771. The predicted molar refractivity (Wildman–Crippen MR) is 94.0 cm³/mol. The third kappa shape index (κ3) is 5.76. The number of nitrogens with zero attached hydrogens (tertiary/aromatic N) is 2. The van der Waals surface area contributed by atoms with Gasteiger partial charge in [-0.05, 0) is 37.5 Å². The van der Waals surface area contributed by atoms with E-state index in [0.29, 0.717) is 50.3 Å². The number of nitrogens with one attached hydrogen (secondary N) is 2. The molecule has 0 atom stereocenters. The minimum Gasteiger partial charge on any atom is -0.385 e. The fourth-order valence-electron chi connectivity index (χ4n) is 2.79. The molecule has 0 aliphatic carbocycles. The van der Waals surface area contributed by atoms with Crippen molar-refractivity contribution in [1.29, 1.82) is 5.26 Å². The van der Waals surface area contributed by atoms with Crippen molar-refractivity contribution >= 4 is 17.6 Å². The van der Waals surface area contributed by atoms with Crippen LogP contribution in [0, 0.1) is 17.2 Å². The molecule has 25 heavy (non-hydrogen) atoms. The van der Waals surface area contributed by atoms with Crippen LogP contribution in [0.2, 0.25) is 0 Å².